The molecule has 0 aliphatic rings. The summed E-state index contributed by atoms with van der Waals surface area (Å²) in [5.41, 5.74) is 6.21. The summed E-state index contributed by atoms with van der Waals surface area (Å²) >= 11 is 0. The minimum Gasteiger partial charge on any atom is -0.469 e. The zero-order valence-electron chi connectivity index (χ0n) is 11.0. The molecule has 0 aliphatic carbocycles. The first-order valence-electron chi connectivity index (χ1n) is 6.20. The Balaban J connectivity index is 2.21. The molecule has 0 bridgehead atoms. The molecule has 19 heavy (non-hydrogen) atoms. The predicted octanol–water partition coefficient (Wildman–Crippen LogP) is 1.33. The second-order valence-electron chi connectivity index (χ2n) is 4.11. The topological polar surface area (TPSA) is 94.3 Å². The number of primary amides is 1. The third kappa shape index (κ3) is 5.85. The molecular formula is C13H19N3O3. The van der Waals surface area contributed by atoms with Crippen molar-refractivity contribution in [1.29, 1.82) is 0 Å². The van der Waals surface area contributed by atoms with E-state index in [0.717, 1.165) is 31.5 Å². The fourth-order valence-corrected chi connectivity index (χ4v) is 1.58. The number of hydrogen-bond acceptors (Lipinski definition) is 5. The minimum atomic E-state index is -0.540. The summed E-state index contributed by atoms with van der Waals surface area (Å²) in [6, 6.07) is 3.40. The molecule has 1 aromatic heterocycles. The predicted molar refractivity (Wildman–Crippen MR) is 71.7 cm³/mol. The van der Waals surface area contributed by atoms with Crippen LogP contribution in [0.5, 0.6) is 0 Å². The number of nitrogens with one attached hydrogen (secondary N) is 1. The fourth-order valence-electron chi connectivity index (χ4n) is 1.58. The fraction of sp³-hybridized carbons (Fsp3) is 0.462. The molecule has 0 fully saturated rings. The van der Waals surface area contributed by atoms with Crippen LogP contribution in [0, 0.1) is 0 Å². The first-order valence-corrected chi connectivity index (χ1v) is 6.20. The Morgan fingerprint density at radius 3 is 2.84 bits per heavy atom. The van der Waals surface area contributed by atoms with Crippen LogP contribution in [0.3, 0.4) is 0 Å². The van der Waals surface area contributed by atoms with Crippen LogP contribution in [-0.2, 0) is 9.53 Å². The van der Waals surface area contributed by atoms with E-state index in [1.54, 1.807) is 18.3 Å². The normalized spacial score (nSPS) is 9.95. The summed E-state index contributed by atoms with van der Waals surface area (Å²) in [5, 5.41) is 3.18. The van der Waals surface area contributed by atoms with Crippen molar-refractivity contribution in [2.45, 2.75) is 25.7 Å². The van der Waals surface area contributed by atoms with Gasteiger partial charge in [0, 0.05) is 24.8 Å². The molecule has 1 amide bonds. The quantitative estimate of drug-likeness (QED) is 0.546. The lowest BCUT2D eigenvalue weighted by Gasteiger charge is -2.06. The molecule has 6 heteroatoms. The largest absolute Gasteiger partial charge is 0.469 e. The van der Waals surface area contributed by atoms with Crippen LogP contribution in [0.25, 0.3) is 0 Å². The van der Waals surface area contributed by atoms with Crippen LogP contribution in [0.2, 0.25) is 0 Å². The van der Waals surface area contributed by atoms with E-state index < -0.39 is 5.91 Å². The Labute approximate surface area is 112 Å². The number of pyridine rings is 1. The van der Waals surface area contributed by atoms with Gasteiger partial charge in [0.15, 0.2) is 0 Å². The molecular weight excluding hydrogens is 246 g/mol. The summed E-state index contributed by atoms with van der Waals surface area (Å²) in [4.78, 5) is 25.7. The van der Waals surface area contributed by atoms with Gasteiger partial charge in [-0.15, -0.1) is 0 Å². The van der Waals surface area contributed by atoms with E-state index in [4.69, 9.17) is 5.73 Å². The summed E-state index contributed by atoms with van der Waals surface area (Å²) in [6.07, 6.45) is 4.69. The number of carbonyl (C=O) groups is 2. The van der Waals surface area contributed by atoms with Gasteiger partial charge in [-0.1, -0.05) is 6.42 Å². The number of carbonyl (C=O) groups excluding carboxylic acids is 2. The number of ether oxygens (including phenoxy) is 1. The van der Waals surface area contributed by atoms with Gasteiger partial charge in [-0.2, -0.15) is 0 Å². The lowest BCUT2D eigenvalue weighted by atomic mass is 10.2. The Bertz CT molecular complexity index is 435. The van der Waals surface area contributed by atoms with Crippen LogP contribution in [0.1, 0.15) is 36.2 Å². The maximum absolute atomic E-state index is 10.9. The third-order valence-electron chi connectivity index (χ3n) is 2.63. The Morgan fingerprint density at radius 2 is 2.16 bits per heavy atom. The molecule has 0 radical (unpaired) electrons. The number of nitrogens with zero attached hydrogens (tertiary/aromatic N) is 1. The summed E-state index contributed by atoms with van der Waals surface area (Å²) < 4.78 is 4.56. The summed E-state index contributed by atoms with van der Waals surface area (Å²) in [5.74, 6) is -0.713. The lowest BCUT2D eigenvalue weighted by molar-refractivity contribution is -0.140. The number of unbranched alkanes of at least 4 members (excludes halogenated alkanes) is 2. The maximum atomic E-state index is 10.9. The standard InChI is InChI=1S/C13H19N3O3/c1-19-12(17)5-3-2-4-7-15-10-6-8-16-11(9-10)13(14)18/h6,8-9H,2-5,7H2,1H3,(H2,14,18)(H,15,16). The maximum Gasteiger partial charge on any atom is 0.305 e. The van der Waals surface area contributed by atoms with Gasteiger partial charge in [0.1, 0.15) is 5.69 Å². The molecule has 6 nitrogen and oxygen atoms in total. The van der Waals surface area contributed by atoms with Gasteiger partial charge in [-0.3, -0.25) is 14.6 Å². The van der Waals surface area contributed by atoms with Crippen LogP contribution in [0.4, 0.5) is 5.69 Å². The van der Waals surface area contributed by atoms with Crippen LogP contribution in [-0.4, -0.2) is 30.5 Å². The van der Waals surface area contributed by atoms with Gasteiger partial charge in [-0.25, -0.2) is 0 Å². The van der Waals surface area contributed by atoms with Crippen molar-refractivity contribution < 1.29 is 14.3 Å². The highest BCUT2D eigenvalue weighted by Crippen LogP contribution is 2.08. The highest BCUT2D eigenvalue weighted by Gasteiger charge is 2.02. The Morgan fingerprint density at radius 1 is 1.37 bits per heavy atom. The number of anilines is 1. The SMILES string of the molecule is COC(=O)CCCCCNc1ccnc(C(N)=O)c1. The van der Waals surface area contributed by atoms with Crippen molar-refractivity contribution in [1.82, 2.24) is 4.98 Å². The number of esters is 1. The molecule has 0 unspecified atom stereocenters. The van der Waals surface area contributed by atoms with Gasteiger partial charge in [-0.05, 0) is 25.0 Å². The van der Waals surface area contributed by atoms with E-state index in [1.165, 1.54) is 7.11 Å². The first-order chi connectivity index (χ1) is 9.13. The van der Waals surface area contributed by atoms with Crippen molar-refractivity contribution in [3.8, 4) is 0 Å². The number of methoxy groups -OCH3 is 1. The van der Waals surface area contributed by atoms with E-state index in [1.807, 2.05) is 0 Å². The average Bonchev–Trinajstić information content (AvgIpc) is 2.42. The smallest absolute Gasteiger partial charge is 0.305 e. The Kier molecular flexibility index (Phi) is 6.35. The second kappa shape index (κ2) is 8.07. The number of nitrogens with two attached hydrogens (primary N) is 1. The highest BCUT2D eigenvalue weighted by atomic mass is 16.5. The molecule has 1 aromatic rings. The van der Waals surface area contributed by atoms with E-state index >= 15 is 0 Å². The summed E-state index contributed by atoms with van der Waals surface area (Å²) in [7, 11) is 1.39. The van der Waals surface area contributed by atoms with Crippen molar-refractivity contribution >= 4 is 17.6 Å². The van der Waals surface area contributed by atoms with Gasteiger partial charge in [0.25, 0.3) is 5.91 Å². The average molecular weight is 265 g/mol. The van der Waals surface area contributed by atoms with Crippen molar-refractivity contribution in [3.05, 3.63) is 24.0 Å². The molecule has 0 atom stereocenters. The van der Waals surface area contributed by atoms with Crippen molar-refractivity contribution in [3.63, 3.8) is 0 Å². The van der Waals surface area contributed by atoms with Gasteiger partial charge < -0.3 is 15.8 Å². The molecule has 1 rings (SSSR count). The molecule has 0 aliphatic heterocycles. The van der Waals surface area contributed by atoms with Crippen molar-refractivity contribution in [2.24, 2.45) is 5.73 Å². The molecule has 0 spiro atoms. The van der Waals surface area contributed by atoms with Crippen molar-refractivity contribution in [2.75, 3.05) is 19.0 Å². The van der Waals surface area contributed by atoms with Crippen LogP contribution >= 0.6 is 0 Å². The third-order valence-corrected chi connectivity index (χ3v) is 2.63. The van der Waals surface area contributed by atoms with Gasteiger partial charge in [0.05, 0.1) is 7.11 Å². The van der Waals surface area contributed by atoms with E-state index in [9.17, 15) is 9.59 Å². The molecule has 1 heterocycles. The number of amides is 1. The molecule has 104 valence electrons. The summed E-state index contributed by atoms with van der Waals surface area (Å²) in [6.45, 7) is 0.767. The minimum absolute atomic E-state index is 0.173. The molecule has 0 aromatic carbocycles. The second-order valence-corrected chi connectivity index (χ2v) is 4.11. The zero-order chi connectivity index (χ0) is 14.1. The van der Waals surface area contributed by atoms with Gasteiger partial charge >= 0.3 is 5.97 Å². The van der Waals surface area contributed by atoms with Crippen LogP contribution in [0.15, 0.2) is 18.3 Å². The molecule has 0 saturated heterocycles. The lowest BCUT2D eigenvalue weighted by Crippen LogP contribution is -2.13. The number of aromatic nitrogens is 1. The van der Waals surface area contributed by atoms with Crippen LogP contribution < -0.4 is 11.1 Å². The first kappa shape index (κ1) is 14.9. The van der Waals surface area contributed by atoms with Gasteiger partial charge in [0.2, 0.25) is 0 Å². The highest BCUT2D eigenvalue weighted by molar-refractivity contribution is 5.91. The van der Waals surface area contributed by atoms with E-state index in [2.05, 4.69) is 15.0 Å². The van der Waals surface area contributed by atoms with E-state index in [0.29, 0.717) is 6.42 Å². The number of rotatable bonds is 8. The Hall–Kier alpha value is -2.11. The van der Waals surface area contributed by atoms with E-state index in [-0.39, 0.29) is 11.7 Å². The number of hydrogen-bond donors (Lipinski definition) is 2. The molecule has 0 saturated carbocycles. The zero-order valence-corrected chi connectivity index (χ0v) is 11.0. The monoisotopic (exact) mass is 265 g/mol. The molecule has 3 N–H and O–H groups in total.